The molecule has 0 aliphatic carbocycles. The maximum Gasteiger partial charge on any atom is 0.196 e. The third-order valence-electron chi connectivity index (χ3n) is 8.92. The Balaban J connectivity index is 1.37. The van der Waals surface area contributed by atoms with Crippen molar-refractivity contribution in [3.05, 3.63) is 169 Å². The van der Waals surface area contributed by atoms with Gasteiger partial charge in [0.1, 0.15) is 0 Å². The zero-order valence-electron chi connectivity index (χ0n) is 24.8. The van der Waals surface area contributed by atoms with Crippen LogP contribution in [0.4, 0.5) is 5.69 Å². The summed E-state index contributed by atoms with van der Waals surface area (Å²) in [6.07, 6.45) is 0. The van der Waals surface area contributed by atoms with E-state index in [1.165, 1.54) is 21.5 Å². The lowest BCUT2D eigenvalue weighted by atomic mass is 10.1. The molecule has 0 fully saturated rings. The SMILES string of the molecule is [C-]#[N+]c1ccccc1-c1cccc(-c2cc(-n3c4ccccc4c4ccccc43)cc(-n3c4ccccc4c4ccccc43)c2)n1. The molecule has 3 heterocycles. The molecule has 0 saturated carbocycles. The van der Waals surface area contributed by atoms with E-state index in [0.29, 0.717) is 5.69 Å². The minimum Gasteiger partial charge on any atom is -0.309 e. The maximum absolute atomic E-state index is 7.72. The Kier molecular flexibility index (Phi) is 5.84. The van der Waals surface area contributed by atoms with E-state index in [0.717, 1.165) is 56.0 Å². The average Bonchev–Trinajstić information content (AvgIpc) is 3.65. The second-order valence-electron chi connectivity index (χ2n) is 11.5. The van der Waals surface area contributed by atoms with Crippen LogP contribution < -0.4 is 0 Å². The van der Waals surface area contributed by atoms with Crippen molar-refractivity contribution in [2.45, 2.75) is 0 Å². The van der Waals surface area contributed by atoms with Crippen LogP contribution in [-0.2, 0) is 0 Å². The zero-order valence-corrected chi connectivity index (χ0v) is 24.8. The number of para-hydroxylation sites is 5. The fraction of sp³-hybridized carbons (Fsp3) is 0. The Morgan fingerprint density at radius 2 is 0.870 bits per heavy atom. The van der Waals surface area contributed by atoms with Crippen LogP contribution in [0.2, 0.25) is 0 Å². The summed E-state index contributed by atoms with van der Waals surface area (Å²) in [5.74, 6) is 0. The van der Waals surface area contributed by atoms with Crippen LogP contribution in [0.15, 0.2) is 158 Å². The summed E-state index contributed by atoms with van der Waals surface area (Å²) >= 11 is 0. The molecule has 0 amide bonds. The van der Waals surface area contributed by atoms with Crippen LogP contribution in [0, 0.1) is 6.57 Å². The van der Waals surface area contributed by atoms with Crippen LogP contribution >= 0.6 is 0 Å². The zero-order chi connectivity index (χ0) is 30.6. The number of benzene rings is 6. The van der Waals surface area contributed by atoms with E-state index in [1.54, 1.807) is 0 Å². The van der Waals surface area contributed by atoms with Gasteiger partial charge in [0.2, 0.25) is 0 Å². The summed E-state index contributed by atoms with van der Waals surface area (Å²) in [5.41, 5.74) is 10.8. The first-order valence-electron chi connectivity index (χ1n) is 15.3. The summed E-state index contributed by atoms with van der Waals surface area (Å²) in [4.78, 5) is 8.92. The molecule has 0 atom stereocenters. The van der Waals surface area contributed by atoms with E-state index >= 15 is 0 Å². The van der Waals surface area contributed by atoms with Gasteiger partial charge in [-0.05, 0) is 54.6 Å². The quantitative estimate of drug-likeness (QED) is 0.189. The molecule has 0 spiro atoms. The Morgan fingerprint density at radius 1 is 0.435 bits per heavy atom. The Morgan fingerprint density at radius 3 is 1.37 bits per heavy atom. The van der Waals surface area contributed by atoms with Crippen LogP contribution in [0.3, 0.4) is 0 Å². The van der Waals surface area contributed by atoms with E-state index in [-0.39, 0.29) is 0 Å². The molecular weight excluding hydrogens is 560 g/mol. The largest absolute Gasteiger partial charge is 0.309 e. The summed E-state index contributed by atoms with van der Waals surface area (Å²) in [5, 5.41) is 4.88. The maximum atomic E-state index is 7.72. The van der Waals surface area contributed by atoms with E-state index in [9.17, 15) is 0 Å². The smallest absolute Gasteiger partial charge is 0.196 e. The van der Waals surface area contributed by atoms with Gasteiger partial charge in [-0.1, -0.05) is 103 Å². The van der Waals surface area contributed by atoms with Gasteiger partial charge >= 0.3 is 0 Å². The molecule has 46 heavy (non-hydrogen) atoms. The van der Waals surface area contributed by atoms with Crippen LogP contribution in [-0.4, -0.2) is 14.1 Å². The second kappa shape index (κ2) is 10.3. The highest BCUT2D eigenvalue weighted by Crippen LogP contribution is 2.38. The molecule has 0 bridgehead atoms. The highest BCUT2D eigenvalue weighted by atomic mass is 15.0. The van der Waals surface area contributed by atoms with Crippen molar-refractivity contribution in [3.8, 4) is 33.9 Å². The predicted molar refractivity (Wildman–Crippen MR) is 190 cm³/mol. The molecule has 4 nitrogen and oxygen atoms in total. The van der Waals surface area contributed by atoms with Crippen molar-refractivity contribution in [1.29, 1.82) is 0 Å². The predicted octanol–water partition coefficient (Wildman–Crippen LogP) is 11.2. The highest BCUT2D eigenvalue weighted by Gasteiger charge is 2.18. The normalized spacial score (nSPS) is 11.5. The van der Waals surface area contributed by atoms with Crippen LogP contribution in [0.5, 0.6) is 0 Å². The fourth-order valence-electron chi connectivity index (χ4n) is 6.94. The number of pyridine rings is 1. The van der Waals surface area contributed by atoms with Gasteiger partial charge in [0.05, 0.1) is 40.0 Å². The van der Waals surface area contributed by atoms with E-state index < -0.39 is 0 Å². The number of nitrogens with zero attached hydrogens (tertiary/aromatic N) is 4. The van der Waals surface area contributed by atoms with Crippen LogP contribution in [0.25, 0.3) is 82.3 Å². The van der Waals surface area contributed by atoms with Gasteiger partial charge in [-0.3, -0.25) is 0 Å². The number of hydrogen-bond donors (Lipinski definition) is 0. The first-order chi connectivity index (χ1) is 22.8. The average molecular weight is 587 g/mol. The molecule has 4 heteroatoms. The van der Waals surface area contributed by atoms with E-state index in [4.69, 9.17) is 11.6 Å². The van der Waals surface area contributed by atoms with Gasteiger partial charge < -0.3 is 9.13 Å². The van der Waals surface area contributed by atoms with E-state index in [2.05, 4.69) is 135 Å². The summed E-state index contributed by atoms with van der Waals surface area (Å²) in [7, 11) is 0. The number of fused-ring (bicyclic) bond motifs is 6. The molecule has 0 saturated heterocycles. The van der Waals surface area contributed by atoms with Crippen molar-refractivity contribution < 1.29 is 0 Å². The monoisotopic (exact) mass is 586 g/mol. The number of hydrogen-bond acceptors (Lipinski definition) is 1. The number of rotatable bonds is 4. The summed E-state index contributed by atoms with van der Waals surface area (Å²) < 4.78 is 4.73. The van der Waals surface area contributed by atoms with Gasteiger partial charge in [0.15, 0.2) is 5.69 Å². The van der Waals surface area contributed by atoms with Crippen molar-refractivity contribution >= 4 is 49.3 Å². The lowest BCUT2D eigenvalue weighted by Crippen LogP contribution is -2.00. The number of aromatic nitrogens is 3. The lowest BCUT2D eigenvalue weighted by molar-refractivity contribution is 1.13. The molecule has 0 unspecified atom stereocenters. The lowest BCUT2D eigenvalue weighted by Gasteiger charge is -2.16. The van der Waals surface area contributed by atoms with Gasteiger partial charge in [0, 0.05) is 44.0 Å². The van der Waals surface area contributed by atoms with Crippen molar-refractivity contribution in [2.75, 3.05) is 0 Å². The standard InChI is InChI=1S/C42H26N4/c1-43-37-18-7-2-17-35(37)38-20-12-19-36(44-38)28-25-29(45-39-21-8-3-13-31(39)32-14-4-9-22-40(32)45)27-30(26-28)46-41-23-10-5-15-33(41)34-16-6-11-24-42(34)46/h2-27H. The first-order valence-corrected chi connectivity index (χ1v) is 15.3. The molecule has 3 aromatic heterocycles. The first kappa shape index (κ1) is 26.0. The third-order valence-corrected chi connectivity index (χ3v) is 8.92. The summed E-state index contributed by atoms with van der Waals surface area (Å²) in [6.45, 7) is 7.72. The van der Waals surface area contributed by atoms with Gasteiger partial charge in [-0.2, -0.15) is 0 Å². The van der Waals surface area contributed by atoms with E-state index in [1.807, 2.05) is 36.4 Å². The molecule has 214 valence electrons. The van der Waals surface area contributed by atoms with Crippen molar-refractivity contribution in [1.82, 2.24) is 14.1 Å². The minimum absolute atomic E-state index is 0.595. The Hall–Kier alpha value is -6.44. The molecule has 9 rings (SSSR count). The Bertz CT molecular complexity index is 2430. The van der Waals surface area contributed by atoms with Gasteiger partial charge in [-0.15, -0.1) is 0 Å². The Labute approximate surface area is 265 Å². The fourth-order valence-corrected chi connectivity index (χ4v) is 6.94. The van der Waals surface area contributed by atoms with Gasteiger partial charge in [0.25, 0.3) is 0 Å². The van der Waals surface area contributed by atoms with Crippen molar-refractivity contribution in [2.24, 2.45) is 0 Å². The summed E-state index contributed by atoms with van der Waals surface area (Å²) in [6, 6.07) is 55.0. The van der Waals surface area contributed by atoms with Crippen molar-refractivity contribution in [3.63, 3.8) is 0 Å². The third kappa shape index (κ3) is 3.96. The molecule has 9 aromatic rings. The topological polar surface area (TPSA) is 27.1 Å². The molecule has 0 radical (unpaired) electrons. The molecule has 6 aromatic carbocycles. The van der Waals surface area contributed by atoms with Gasteiger partial charge in [-0.25, -0.2) is 9.83 Å². The second-order valence-corrected chi connectivity index (χ2v) is 11.5. The molecule has 0 aliphatic heterocycles. The highest BCUT2D eigenvalue weighted by molar-refractivity contribution is 6.10. The molecular formula is C42H26N4. The minimum atomic E-state index is 0.595. The van der Waals surface area contributed by atoms with Crippen LogP contribution in [0.1, 0.15) is 0 Å². The molecule has 0 N–H and O–H groups in total. The molecule has 0 aliphatic rings.